The minimum Gasteiger partial charge on any atom is -0.493 e. The highest BCUT2D eigenvalue weighted by Gasteiger charge is 2.28. The molecule has 1 N–H and O–H groups in total. The number of ether oxygens (including phenoxy) is 3. The lowest BCUT2D eigenvalue weighted by Crippen LogP contribution is -2.28. The number of carbonyl (C=O) groups excluding carboxylic acids is 2. The fourth-order valence-electron chi connectivity index (χ4n) is 2.96. The molecule has 1 fully saturated rings. The van der Waals surface area contributed by atoms with Gasteiger partial charge in [-0.25, -0.2) is 4.79 Å². The Morgan fingerprint density at radius 3 is 2.52 bits per heavy atom. The number of amides is 1. The summed E-state index contributed by atoms with van der Waals surface area (Å²) in [6.07, 6.45) is 2.87. The van der Waals surface area contributed by atoms with Crippen molar-refractivity contribution < 1.29 is 23.8 Å². The third kappa shape index (κ3) is 3.93. The summed E-state index contributed by atoms with van der Waals surface area (Å²) in [5.74, 6) is 0.718. The van der Waals surface area contributed by atoms with Crippen LogP contribution in [0.25, 0.3) is 11.1 Å². The summed E-state index contributed by atoms with van der Waals surface area (Å²) in [7, 11) is 3.13. The van der Waals surface area contributed by atoms with Crippen molar-refractivity contribution in [2.24, 2.45) is 5.92 Å². The van der Waals surface area contributed by atoms with E-state index in [1.54, 1.807) is 33.3 Å². The Labute approximate surface area is 162 Å². The Hall–Kier alpha value is -2.54. The molecule has 0 spiro atoms. The van der Waals surface area contributed by atoms with Crippen LogP contribution in [-0.4, -0.2) is 32.7 Å². The van der Waals surface area contributed by atoms with Crippen molar-refractivity contribution in [2.75, 3.05) is 26.1 Å². The molecule has 0 radical (unpaired) electrons. The van der Waals surface area contributed by atoms with Gasteiger partial charge in [-0.3, -0.25) is 4.79 Å². The quantitative estimate of drug-likeness (QED) is 0.713. The van der Waals surface area contributed by atoms with Gasteiger partial charge in [0, 0.05) is 16.9 Å². The predicted molar refractivity (Wildman–Crippen MR) is 105 cm³/mol. The average Bonchev–Trinajstić information content (AvgIpc) is 3.03. The zero-order valence-electron chi connectivity index (χ0n) is 15.7. The van der Waals surface area contributed by atoms with Crippen molar-refractivity contribution in [1.82, 2.24) is 0 Å². The van der Waals surface area contributed by atoms with Crippen LogP contribution < -0.4 is 14.8 Å². The van der Waals surface area contributed by atoms with Gasteiger partial charge in [0.05, 0.1) is 20.8 Å². The van der Waals surface area contributed by atoms with Crippen LogP contribution in [0.1, 0.15) is 36.5 Å². The molecule has 0 unspecified atom stereocenters. The number of carbonyl (C=O) groups is 2. The fraction of sp³-hybridized carbons (Fsp3) is 0.400. The van der Waals surface area contributed by atoms with Crippen molar-refractivity contribution >= 4 is 28.2 Å². The van der Waals surface area contributed by atoms with Gasteiger partial charge in [0.1, 0.15) is 10.6 Å². The van der Waals surface area contributed by atoms with Crippen LogP contribution in [0.2, 0.25) is 0 Å². The van der Waals surface area contributed by atoms with E-state index in [0.29, 0.717) is 27.6 Å². The minimum atomic E-state index is -0.451. The molecule has 144 valence electrons. The van der Waals surface area contributed by atoms with Crippen LogP contribution in [-0.2, 0) is 9.53 Å². The molecule has 1 aliphatic rings. The number of methoxy groups -OCH3 is 2. The molecule has 6 nitrogen and oxygen atoms in total. The zero-order valence-corrected chi connectivity index (χ0v) is 16.5. The second-order valence-electron chi connectivity index (χ2n) is 6.26. The van der Waals surface area contributed by atoms with Crippen LogP contribution in [0.3, 0.4) is 0 Å². The first-order chi connectivity index (χ1) is 13.1. The van der Waals surface area contributed by atoms with E-state index in [1.807, 2.05) is 11.4 Å². The van der Waals surface area contributed by atoms with Gasteiger partial charge in [0.25, 0.3) is 0 Å². The van der Waals surface area contributed by atoms with Gasteiger partial charge in [0.15, 0.2) is 11.5 Å². The number of hydrogen-bond donors (Lipinski definition) is 1. The first-order valence-electron chi connectivity index (χ1n) is 8.90. The van der Waals surface area contributed by atoms with Crippen molar-refractivity contribution in [3.05, 3.63) is 29.1 Å². The van der Waals surface area contributed by atoms with Crippen molar-refractivity contribution in [3.8, 4) is 22.6 Å². The molecule has 1 saturated carbocycles. The number of thiophene rings is 1. The molecule has 27 heavy (non-hydrogen) atoms. The van der Waals surface area contributed by atoms with Gasteiger partial charge in [0.2, 0.25) is 5.91 Å². The Morgan fingerprint density at radius 1 is 1.19 bits per heavy atom. The maximum atomic E-state index is 12.6. The topological polar surface area (TPSA) is 73.9 Å². The molecule has 1 aliphatic carbocycles. The standard InChI is InChI=1S/C20H23NO5S/c1-4-26-20(23)17-14(13-8-9-15(24-2)16(10-13)25-3)11-27-19(17)21-18(22)12-6-5-7-12/h8-12H,4-7H2,1-3H3,(H,21,22). The number of benzene rings is 1. The van der Waals surface area contributed by atoms with Crippen molar-refractivity contribution in [1.29, 1.82) is 0 Å². The average molecular weight is 389 g/mol. The molecule has 1 aromatic carbocycles. The molecule has 3 rings (SSSR count). The smallest absolute Gasteiger partial charge is 0.341 e. The summed E-state index contributed by atoms with van der Waals surface area (Å²) in [6.45, 7) is 2.02. The number of nitrogens with one attached hydrogen (secondary N) is 1. The highest BCUT2D eigenvalue weighted by atomic mass is 32.1. The molecule has 2 aromatic rings. The number of esters is 1. The molecule has 1 heterocycles. The van der Waals surface area contributed by atoms with E-state index in [1.165, 1.54) is 11.3 Å². The van der Waals surface area contributed by atoms with Crippen LogP contribution in [0.4, 0.5) is 5.00 Å². The molecule has 0 atom stereocenters. The predicted octanol–water partition coefficient (Wildman–Crippen LogP) is 4.35. The summed E-state index contributed by atoms with van der Waals surface area (Å²) in [5, 5.41) is 5.29. The number of anilines is 1. The zero-order chi connectivity index (χ0) is 19.4. The Kier molecular flexibility index (Phi) is 6.01. The highest BCUT2D eigenvalue weighted by Crippen LogP contribution is 2.40. The van der Waals surface area contributed by atoms with E-state index in [0.717, 1.165) is 24.8 Å². The summed E-state index contributed by atoms with van der Waals surface area (Å²) >= 11 is 1.32. The summed E-state index contributed by atoms with van der Waals surface area (Å²) in [4.78, 5) is 25.0. The molecule has 7 heteroatoms. The molecule has 0 aliphatic heterocycles. The van der Waals surface area contributed by atoms with E-state index in [4.69, 9.17) is 14.2 Å². The normalized spacial score (nSPS) is 13.6. The number of rotatable bonds is 7. The monoisotopic (exact) mass is 389 g/mol. The molecule has 1 amide bonds. The lowest BCUT2D eigenvalue weighted by Gasteiger charge is -2.23. The van der Waals surface area contributed by atoms with Gasteiger partial charge < -0.3 is 19.5 Å². The van der Waals surface area contributed by atoms with E-state index in [9.17, 15) is 9.59 Å². The second-order valence-corrected chi connectivity index (χ2v) is 7.14. The summed E-state index contributed by atoms with van der Waals surface area (Å²) in [6, 6.07) is 5.44. The van der Waals surface area contributed by atoms with Crippen LogP contribution in [0, 0.1) is 5.92 Å². The van der Waals surface area contributed by atoms with Crippen LogP contribution in [0.15, 0.2) is 23.6 Å². The van der Waals surface area contributed by atoms with Gasteiger partial charge in [-0.1, -0.05) is 12.5 Å². The summed E-state index contributed by atoms with van der Waals surface area (Å²) < 4.78 is 15.9. The maximum absolute atomic E-state index is 12.6. The largest absolute Gasteiger partial charge is 0.493 e. The molecule has 0 bridgehead atoms. The SMILES string of the molecule is CCOC(=O)c1c(-c2ccc(OC)c(OC)c2)csc1NC(=O)C1CCC1. The van der Waals surface area contributed by atoms with Gasteiger partial charge in [-0.05, 0) is 37.5 Å². The lowest BCUT2D eigenvalue weighted by atomic mass is 9.85. The van der Waals surface area contributed by atoms with Gasteiger partial charge >= 0.3 is 5.97 Å². The van der Waals surface area contributed by atoms with E-state index in [2.05, 4.69) is 5.32 Å². The molecule has 1 aromatic heterocycles. The van der Waals surface area contributed by atoms with E-state index in [-0.39, 0.29) is 18.4 Å². The minimum absolute atomic E-state index is 0.0340. The summed E-state index contributed by atoms with van der Waals surface area (Å²) in [5.41, 5.74) is 1.86. The Morgan fingerprint density at radius 2 is 1.93 bits per heavy atom. The maximum Gasteiger partial charge on any atom is 0.341 e. The Balaban J connectivity index is 1.99. The van der Waals surface area contributed by atoms with Crippen molar-refractivity contribution in [3.63, 3.8) is 0 Å². The Bertz CT molecular complexity index is 841. The second kappa shape index (κ2) is 8.43. The highest BCUT2D eigenvalue weighted by molar-refractivity contribution is 7.15. The molecular weight excluding hydrogens is 366 g/mol. The van der Waals surface area contributed by atoms with E-state index < -0.39 is 5.97 Å². The van der Waals surface area contributed by atoms with E-state index >= 15 is 0 Å². The van der Waals surface area contributed by atoms with Crippen LogP contribution >= 0.6 is 11.3 Å². The van der Waals surface area contributed by atoms with Gasteiger partial charge in [-0.15, -0.1) is 11.3 Å². The third-order valence-corrected chi connectivity index (χ3v) is 5.57. The third-order valence-electron chi connectivity index (χ3n) is 4.68. The molecular formula is C20H23NO5S. The molecule has 0 saturated heterocycles. The van der Waals surface area contributed by atoms with Gasteiger partial charge in [-0.2, -0.15) is 0 Å². The fourth-order valence-corrected chi connectivity index (χ4v) is 3.92. The lowest BCUT2D eigenvalue weighted by molar-refractivity contribution is -0.122. The first kappa shape index (κ1) is 19.2. The van der Waals surface area contributed by atoms with Crippen molar-refractivity contribution in [2.45, 2.75) is 26.2 Å². The first-order valence-corrected chi connectivity index (χ1v) is 9.78. The number of hydrogen-bond acceptors (Lipinski definition) is 6. The van der Waals surface area contributed by atoms with Crippen LogP contribution in [0.5, 0.6) is 11.5 Å².